The molecule has 1 N–H and O–H groups in total. The fourth-order valence-corrected chi connectivity index (χ4v) is 2.84. The second-order valence-corrected chi connectivity index (χ2v) is 6.01. The SMILES string of the molecule is CN1CCC[C@H]1COc1cncc(-c2cc(CCCO)no2)c1. The maximum absolute atomic E-state index is 8.87. The number of likely N-dealkylation sites (N-methyl/N-ethyl adjacent to an activating group) is 1. The van der Waals surface area contributed by atoms with Crippen molar-refractivity contribution in [2.24, 2.45) is 0 Å². The van der Waals surface area contributed by atoms with Crippen molar-refractivity contribution in [1.29, 1.82) is 0 Å². The van der Waals surface area contributed by atoms with Crippen LogP contribution in [0.3, 0.4) is 0 Å². The van der Waals surface area contributed by atoms with Crippen LogP contribution in [0.4, 0.5) is 0 Å². The molecule has 124 valence electrons. The van der Waals surface area contributed by atoms with Crippen LogP contribution >= 0.6 is 0 Å². The van der Waals surface area contributed by atoms with E-state index in [1.165, 1.54) is 12.8 Å². The molecule has 2 aromatic heterocycles. The van der Waals surface area contributed by atoms with Gasteiger partial charge < -0.3 is 19.3 Å². The highest BCUT2D eigenvalue weighted by atomic mass is 16.5. The Balaban J connectivity index is 1.63. The molecule has 1 aliphatic rings. The summed E-state index contributed by atoms with van der Waals surface area (Å²) in [5.41, 5.74) is 1.69. The molecule has 0 amide bonds. The van der Waals surface area contributed by atoms with Gasteiger partial charge >= 0.3 is 0 Å². The summed E-state index contributed by atoms with van der Waals surface area (Å²) in [4.78, 5) is 6.56. The summed E-state index contributed by atoms with van der Waals surface area (Å²) in [6.07, 6.45) is 7.27. The van der Waals surface area contributed by atoms with Crippen molar-refractivity contribution in [1.82, 2.24) is 15.0 Å². The number of aryl methyl sites for hydroxylation is 1. The van der Waals surface area contributed by atoms with Crippen LogP contribution in [0.2, 0.25) is 0 Å². The first-order valence-corrected chi connectivity index (χ1v) is 8.11. The number of hydrogen-bond acceptors (Lipinski definition) is 6. The third-order valence-electron chi connectivity index (χ3n) is 4.26. The molecule has 3 rings (SSSR count). The molecule has 6 nitrogen and oxygen atoms in total. The Bertz CT molecular complexity index is 629. The monoisotopic (exact) mass is 317 g/mol. The van der Waals surface area contributed by atoms with Gasteiger partial charge in [0.2, 0.25) is 0 Å². The third-order valence-corrected chi connectivity index (χ3v) is 4.26. The van der Waals surface area contributed by atoms with E-state index in [0.29, 0.717) is 31.3 Å². The fraction of sp³-hybridized carbons (Fsp3) is 0.529. The molecule has 0 saturated carbocycles. The van der Waals surface area contributed by atoms with E-state index in [1.54, 1.807) is 12.4 Å². The Morgan fingerprint density at radius 1 is 1.39 bits per heavy atom. The molecule has 0 bridgehead atoms. The minimum Gasteiger partial charge on any atom is -0.490 e. The van der Waals surface area contributed by atoms with Crippen LogP contribution in [0.15, 0.2) is 29.0 Å². The summed E-state index contributed by atoms with van der Waals surface area (Å²) in [6, 6.07) is 4.30. The second kappa shape index (κ2) is 7.57. The Morgan fingerprint density at radius 3 is 3.09 bits per heavy atom. The number of likely N-dealkylation sites (tertiary alicyclic amines) is 1. The molecule has 1 fully saturated rings. The van der Waals surface area contributed by atoms with Crippen molar-refractivity contribution >= 4 is 0 Å². The lowest BCUT2D eigenvalue weighted by atomic mass is 10.2. The topological polar surface area (TPSA) is 71.6 Å². The molecule has 1 aliphatic heterocycles. The average Bonchev–Trinajstić information content (AvgIpc) is 3.20. The molecule has 6 heteroatoms. The van der Waals surface area contributed by atoms with Crippen molar-refractivity contribution in [3.8, 4) is 17.1 Å². The molecule has 0 unspecified atom stereocenters. The maximum atomic E-state index is 8.87. The van der Waals surface area contributed by atoms with E-state index >= 15 is 0 Å². The van der Waals surface area contributed by atoms with E-state index in [2.05, 4.69) is 22.1 Å². The van der Waals surface area contributed by atoms with E-state index in [-0.39, 0.29) is 6.61 Å². The third kappa shape index (κ3) is 4.09. The van der Waals surface area contributed by atoms with Gasteiger partial charge in [0, 0.05) is 30.5 Å². The average molecular weight is 317 g/mol. The molecule has 0 aliphatic carbocycles. The summed E-state index contributed by atoms with van der Waals surface area (Å²) >= 11 is 0. The molecule has 3 heterocycles. The zero-order valence-corrected chi connectivity index (χ0v) is 13.4. The minimum atomic E-state index is 0.155. The number of ether oxygens (including phenoxy) is 1. The van der Waals surface area contributed by atoms with Gasteiger partial charge in [-0.25, -0.2) is 0 Å². The minimum absolute atomic E-state index is 0.155. The van der Waals surface area contributed by atoms with E-state index in [0.717, 1.165) is 23.6 Å². The van der Waals surface area contributed by atoms with E-state index in [1.807, 2.05) is 12.1 Å². The molecule has 0 radical (unpaired) electrons. The van der Waals surface area contributed by atoms with E-state index in [4.69, 9.17) is 14.4 Å². The largest absolute Gasteiger partial charge is 0.490 e. The van der Waals surface area contributed by atoms with Gasteiger partial charge in [-0.3, -0.25) is 4.98 Å². The number of aromatic nitrogens is 2. The summed E-state index contributed by atoms with van der Waals surface area (Å²) in [6.45, 7) is 1.98. The molecule has 1 atom stereocenters. The lowest BCUT2D eigenvalue weighted by Crippen LogP contribution is -2.30. The fourth-order valence-electron chi connectivity index (χ4n) is 2.84. The quantitative estimate of drug-likeness (QED) is 0.843. The number of pyridine rings is 1. The van der Waals surface area contributed by atoms with Crippen LogP contribution in [-0.2, 0) is 6.42 Å². The first-order chi connectivity index (χ1) is 11.3. The number of nitrogens with zero attached hydrogens (tertiary/aromatic N) is 3. The lowest BCUT2D eigenvalue weighted by molar-refractivity contribution is 0.198. The van der Waals surface area contributed by atoms with Crippen LogP contribution < -0.4 is 4.74 Å². The van der Waals surface area contributed by atoms with Crippen molar-refractivity contribution in [3.63, 3.8) is 0 Å². The van der Waals surface area contributed by atoms with E-state index < -0.39 is 0 Å². The van der Waals surface area contributed by atoms with Crippen LogP contribution in [0, 0.1) is 0 Å². The highest BCUT2D eigenvalue weighted by Crippen LogP contribution is 2.24. The highest BCUT2D eigenvalue weighted by molar-refractivity contribution is 5.57. The highest BCUT2D eigenvalue weighted by Gasteiger charge is 2.21. The molecule has 0 aromatic carbocycles. The van der Waals surface area contributed by atoms with Crippen molar-refractivity contribution in [2.45, 2.75) is 31.7 Å². The first-order valence-electron chi connectivity index (χ1n) is 8.11. The number of aliphatic hydroxyl groups is 1. The normalized spacial score (nSPS) is 18.4. The van der Waals surface area contributed by atoms with Crippen LogP contribution in [0.5, 0.6) is 5.75 Å². The predicted octanol–water partition coefficient (Wildman–Crippen LogP) is 2.13. The second-order valence-electron chi connectivity index (χ2n) is 6.01. The van der Waals surface area contributed by atoms with E-state index in [9.17, 15) is 0 Å². The summed E-state index contributed by atoms with van der Waals surface area (Å²) in [5.74, 6) is 1.42. The van der Waals surface area contributed by atoms with Crippen molar-refractivity contribution in [2.75, 3.05) is 26.8 Å². The molecule has 2 aromatic rings. The van der Waals surface area contributed by atoms with Gasteiger partial charge in [-0.2, -0.15) is 0 Å². The summed E-state index contributed by atoms with van der Waals surface area (Å²) < 4.78 is 11.3. The predicted molar refractivity (Wildman–Crippen MR) is 86.3 cm³/mol. The Kier molecular flexibility index (Phi) is 5.25. The Morgan fingerprint density at radius 2 is 2.30 bits per heavy atom. The number of hydrogen-bond donors (Lipinski definition) is 1. The Labute approximate surface area is 136 Å². The van der Waals surface area contributed by atoms with Crippen molar-refractivity contribution < 1.29 is 14.4 Å². The van der Waals surface area contributed by atoms with Crippen molar-refractivity contribution in [3.05, 3.63) is 30.2 Å². The smallest absolute Gasteiger partial charge is 0.168 e. The molecular formula is C17H23N3O3. The summed E-state index contributed by atoms with van der Waals surface area (Å²) in [5, 5.41) is 12.9. The molecule has 23 heavy (non-hydrogen) atoms. The number of rotatable bonds is 7. The standard InChI is InChI=1S/C17H23N3O3/c1-20-6-2-5-15(20)12-22-16-8-13(10-18-11-16)17-9-14(19-23-17)4-3-7-21/h8-11,15,21H,2-7,12H2,1H3/t15-/m0/s1. The lowest BCUT2D eigenvalue weighted by Gasteiger charge is -2.19. The van der Waals surface area contributed by atoms with Gasteiger partial charge in [0.1, 0.15) is 12.4 Å². The van der Waals surface area contributed by atoms with Crippen LogP contribution in [-0.4, -0.2) is 53.0 Å². The maximum Gasteiger partial charge on any atom is 0.168 e. The Hall–Kier alpha value is -1.92. The molecule has 0 spiro atoms. The van der Waals surface area contributed by atoms with Gasteiger partial charge in [0.05, 0.1) is 11.9 Å². The van der Waals surface area contributed by atoms with Gasteiger partial charge in [-0.05, 0) is 45.3 Å². The number of aliphatic hydroxyl groups excluding tert-OH is 1. The van der Waals surface area contributed by atoms with Gasteiger partial charge in [-0.1, -0.05) is 5.16 Å². The van der Waals surface area contributed by atoms with Gasteiger partial charge in [-0.15, -0.1) is 0 Å². The zero-order chi connectivity index (χ0) is 16.1. The molecule has 1 saturated heterocycles. The van der Waals surface area contributed by atoms with Gasteiger partial charge in [0.25, 0.3) is 0 Å². The first kappa shape index (κ1) is 16.0. The van der Waals surface area contributed by atoms with Crippen LogP contribution in [0.25, 0.3) is 11.3 Å². The van der Waals surface area contributed by atoms with Crippen LogP contribution in [0.1, 0.15) is 25.0 Å². The molecular weight excluding hydrogens is 294 g/mol. The zero-order valence-electron chi connectivity index (χ0n) is 13.4. The van der Waals surface area contributed by atoms with Gasteiger partial charge in [0.15, 0.2) is 5.76 Å². The summed E-state index contributed by atoms with van der Waals surface area (Å²) in [7, 11) is 2.14.